The van der Waals surface area contributed by atoms with E-state index < -0.39 is 4.92 Å². The first-order valence-electron chi connectivity index (χ1n) is 6.51. The van der Waals surface area contributed by atoms with Crippen LogP contribution >= 0.6 is 0 Å². The zero-order valence-corrected chi connectivity index (χ0v) is 11.9. The molecule has 1 unspecified atom stereocenters. The number of aliphatic hydroxyl groups is 1. The predicted molar refractivity (Wildman–Crippen MR) is 76.6 cm³/mol. The summed E-state index contributed by atoms with van der Waals surface area (Å²) in [6.07, 6.45) is 1.55. The largest absolute Gasteiger partial charge is 0.444 e. The molecule has 7 nitrogen and oxygen atoms in total. The Morgan fingerprint density at radius 1 is 1.43 bits per heavy atom. The molecule has 0 aliphatic rings. The zero-order chi connectivity index (χ0) is 15.4. The molecule has 0 aliphatic heterocycles. The first-order valence-corrected chi connectivity index (χ1v) is 6.51. The summed E-state index contributed by atoms with van der Waals surface area (Å²) < 4.78 is 5.40. The molecule has 1 aromatic carbocycles. The first kappa shape index (κ1) is 15.1. The molecule has 0 saturated carbocycles. The van der Waals surface area contributed by atoms with Crippen molar-refractivity contribution in [3.63, 3.8) is 0 Å². The molecule has 1 atom stereocenters. The SMILES string of the molecule is CC(CO)N(C)Cc1coc(-c2ccc([N+](=O)[O-])cc2)n1. The van der Waals surface area contributed by atoms with E-state index in [9.17, 15) is 10.1 Å². The van der Waals surface area contributed by atoms with Gasteiger partial charge in [-0.3, -0.25) is 15.0 Å². The molecule has 7 heteroatoms. The lowest BCUT2D eigenvalue weighted by Gasteiger charge is -2.21. The lowest BCUT2D eigenvalue weighted by Crippen LogP contribution is -2.31. The van der Waals surface area contributed by atoms with Gasteiger partial charge in [0.25, 0.3) is 5.69 Å². The number of rotatable bonds is 6. The number of aliphatic hydroxyl groups excluding tert-OH is 1. The summed E-state index contributed by atoms with van der Waals surface area (Å²) in [7, 11) is 1.89. The van der Waals surface area contributed by atoms with Crippen LogP contribution in [0.3, 0.4) is 0 Å². The van der Waals surface area contributed by atoms with E-state index in [1.165, 1.54) is 12.1 Å². The summed E-state index contributed by atoms with van der Waals surface area (Å²) in [4.78, 5) is 16.5. The van der Waals surface area contributed by atoms with E-state index in [0.29, 0.717) is 18.0 Å². The molecule has 2 aromatic rings. The number of aromatic nitrogens is 1. The maximum Gasteiger partial charge on any atom is 0.269 e. The third-order valence-corrected chi connectivity index (χ3v) is 3.30. The average Bonchev–Trinajstić information content (AvgIpc) is 2.94. The van der Waals surface area contributed by atoms with Crippen LogP contribution in [0, 0.1) is 10.1 Å². The van der Waals surface area contributed by atoms with Gasteiger partial charge in [0.15, 0.2) is 0 Å². The Morgan fingerprint density at radius 2 is 2.10 bits per heavy atom. The van der Waals surface area contributed by atoms with Gasteiger partial charge in [-0.1, -0.05) is 0 Å². The average molecular weight is 291 g/mol. The van der Waals surface area contributed by atoms with Crippen molar-refractivity contribution in [3.05, 3.63) is 46.3 Å². The second kappa shape index (κ2) is 6.47. The van der Waals surface area contributed by atoms with Crippen molar-refractivity contribution in [3.8, 4) is 11.5 Å². The second-order valence-electron chi connectivity index (χ2n) is 4.89. The van der Waals surface area contributed by atoms with Gasteiger partial charge in [-0.2, -0.15) is 0 Å². The van der Waals surface area contributed by atoms with Gasteiger partial charge in [0.2, 0.25) is 5.89 Å². The fourth-order valence-corrected chi connectivity index (χ4v) is 1.79. The molecule has 1 N–H and O–H groups in total. The minimum atomic E-state index is -0.448. The van der Waals surface area contributed by atoms with Crippen LogP contribution in [0.25, 0.3) is 11.5 Å². The predicted octanol–water partition coefficient (Wildman–Crippen LogP) is 2.06. The van der Waals surface area contributed by atoms with Gasteiger partial charge >= 0.3 is 0 Å². The molecule has 2 rings (SSSR count). The zero-order valence-electron chi connectivity index (χ0n) is 11.9. The number of benzene rings is 1. The van der Waals surface area contributed by atoms with Crippen LogP contribution in [-0.4, -0.2) is 39.6 Å². The van der Waals surface area contributed by atoms with E-state index in [2.05, 4.69) is 4.98 Å². The highest BCUT2D eigenvalue weighted by Crippen LogP contribution is 2.22. The summed E-state index contributed by atoms with van der Waals surface area (Å²) in [5.41, 5.74) is 1.46. The summed E-state index contributed by atoms with van der Waals surface area (Å²) in [5, 5.41) is 19.7. The highest BCUT2D eigenvalue weighted by molar-refractivity contribution is 5.55. The number of hydrogen-bond acceptors (Lipinski definition) is 6. The van der Waals surface area contributed by atoms with E-state index in [1.807, 2.05) is 18.9 Å². The van der Waals surface area contributed by atoms with E-state index >= 15 is 0 Å². The smallest absolute Gasteiger partial charge is 0.269 e. The number of non-ortho nitro benzene ring substituents is 1. The maximum atomic E-state index is 10.6. The van der Waals surface area contributed by atoms with Crippen molar-refractivity contribution >= 4 is 5.69 Å². The van der Waals surface area contributed by atoms with Crippen molar-refractivity contribution in [2.75, 3.05) is 13.7 Å². The van der Waals surface area contributed by atoms with Gasteiger partial charge in [-0.25, -0.2) is 4.98 Å². The quantitative estimate of drug-likeness (QED) is 0.647. The van der Waals surface area contributed by atoms with Crippen LogP contribution in [0.1, 0.15) is 12.6 Å². The van der Waals surface area contributed by atoms with Crippen LogP contribution in [-0.2, 0) is 6.54 Å². The molecule has 0 fully saturated rings. The van der Waals surface area contributed by atoms with Gasteiger partial charge < -0.3 is 9.52 Å². The Kier molecular flexibility index (Phi) is 4.66. The van der Waals surface area contributed by atoms with Crippen LogP contribution in [0.2, 0.25) is 0 Å². The molecule has 1 aromatic heterocycles. The lowest BCUT2D eigenvalue weighted by molar-refractivity contribution is -0.384. The van der Waals surface area contributed by atoms with Gasteiger partial charge in [0.05, 0.1) is 17.2 Å². The number of oxazole rings is 1. The molecule has 112 valence electrons. The number of nitrogens with zero attached hydrogens (tertiary/aromatic N) is 3. The summed E-state index contributed by atoms with van der Waals surface area (Å²) in [6, 6.07) is 6.07. The monoisotopic (exact) mass is 291 g/mol. The molecular formula is C14H17N3O4. The van der Waals surface area contributed by atoms with E-state index in [0.717, 1.165) is 5.69 Å². The molecule has 0 amide bonds. The molecule has 0 bridgehead atoms. The van der Waals surface area contributed by atoms with Gasteiger partial charge in [0, 0.05) is 30.3 Å². The summed E-state index contributed by atoms with van der Waals surface area (Å²) in [5.74, 6) is 0.421. The minimum absolute atomic E-state index is 0.0297. The van der Waals surface area contributed by atoms with Crippen molar-refractivity contribution in [1.29, 1.82) is 0 Å². The topological polar surface area (TPSA) is 92.6 Å². The van der Waals surface area contributed by atoms with Crippen molar-refractivity contribution in [1.82, 2.24) is 9.88 Å². The Labute approximate surface area is 122 Å². The third kappa shape index (κ3) is 3.65. The van der Waals surface area contributed by atoms with Crippen LogP contribution < -0.4 is 0 Å². The fourth-order valence-electron chi connectivity index (χ4n) is 1.79. The molecule has 0 aliphatic carbocycles. The molecular weight excluding hydrogens is 274 g/mol. The first-order chi connectivity index (χ1) is 10.0. The number of likely N-dealkylation sites (N-methyl/N-ethyl adjacent to an activating group) is 1. The number of nitro groups is 1. The van der Waals surface area contributed by atoms with E-state index in [1.54, 1.807) is 18.4 Å². The number of hydrogen-bond donors (Lipinski definition) is 1. The van der Waals surface area contributed by atoms with Crippen molar-refractivity contribution in [2.24, 2.45) is 0 Å². The highest BCUT2D eigenvalue weighted by Gasteiger charge is 2.13. The minimum Gasteiger partial charge on any atom is -0.444 e. The molecule has 0 saturated heterocycles. The van der Waals surface area contributed by atoms with Gasteiger partial charge in [-0.05, 0) is 26.1 Å². The van der Waals surface area contributed by atoms with Gasteiger partial charge in [0.1, 0.15) is 6.26 Å². The van der Waals surface area contributed by atoms with Crippen LogP contribution in [0.15, 0.2) is 34.9 Å². The van der Waals surface area contributed by atoms with Crippen LogP contribution in [0.5, 0.6) is 0 Å². The Balaban J connectivity index is 2.10. The summed E-state index contributed by atoms with van der Waals surface area (Å²) >= 11 is 0. The van der Waals surface area contributed by atoms with Crippen molar-refractivity contribution in [2.45, 2.75) is 19.5 Å². The molecule has 21 heavy (non-hydrogen) atoms. The van der Waals surface area contributed by atoms with Crippen LogP contribution in [0.4, 0.5) is 5.69 Å². The van der Waals surface area contributed by atoms with E-state index in [4.69, 9.17) is 9.52 Å². The number of nitro benzene ring substituents is 1. The van der Waals surface area contributed by atoms with E-state index in [-0.39, 0.29) is 18.3 Å². The Hall–Kier alpha value is -2.25. The standard InChI is InChI=1S/C14H17N3O4/c1-10(8-18)16(2)7-12-9-21-14(15-12)11-3-5-13(6-4-11)17(19)20/h3-6,9-10,18H,7-8H2,1-2H3. The highest BCUT2D eigenvalue weighted by atomic mass is 16.6. The Morgan fingerprint density at radius 3 is 2.67 bits per heavy atom. The lowest BCUT2D eigenvalue weighted by atomic mass is 10.2. The molecule has 1 heterocycles. The van der Waals surface area contributed by atoms with Crippen molar-refractivity contribution < 1.29 is 14.4 Å². The Bertz CT molecular complexity index is 609. The molecule has 0 radical (unpaired) electrons. The normalized spacial score (nSPS) is 12.6. The third-order valence-electron chi connectivity index (χ3n) is 3.30. The van der Waals surface area contributed by atoms with Gasteiger partial charge in [-0.15, -0.1) is 0 Å². The maximum absolute atomic E-state index is 10.6. The molecule has 0 spiro atoms. The fraction of sp³-hybridized carbons (Fsp3) is 0.357. The second-order valence-corrected chi connectivity index (χ2v) is 4.89. The summed E-state index contributed by atoms with van der Waals surface area (Å²) in [6.45, 7) is 2.54.